The van der Waals surface area contributed by atoms with Gasteiger partial charge in [0.1, 0.15) is 6.42 Å². The van der Waals surface area contributed by atoms with Crippen LogP contribution in [0, 0.1) is 0 Å². The Hall–Kier alpha value is 0.810. The highest BCUT2D eigenvalue weighted by molar-refractivity contribution is 7.96. The van der Waals surface area contributed by atoms with Crippen LogP contribution in [0.5, 0.6) is 0 Å². The first-order chi connectivity index (χ1) is 5.27. The van der Waals surface area contributed by atoms with E-state index in [2.05, 4.69) is 11.7 Å². The average molecular weight is 216 g/mol. The Morgan fingerprint density at radius 2 is 1.73 bits per heavy atom. The smallest absolute Gasteiger partial charge is 0.125 e. The second kappa shape index (κ2) is 8.90. The zero-order valence-electron chi connectivity index (χ0n) is 6.95. The highest BCUT2D eigenvalue weighted by atomic mass is 35.9. The van der Waals surface area contributed by atoms with Gasteiger partial charge in [-0.15, -0.1) is 0 Å². The normalized spacial score (nSPS) is 10.5. The Balaban J connectivity index is 2.97. The van der Waals surface area contributed by atoms with Crippen LogP contribution in [0.15, 0.2) is 4.74 Å². The van der Waals surface area contributed by atoms with E-state index in [0.29, 0.717) is 0 Å². The Morgan fingerprint density at radius 3 is 2.27 bits per heavy atom. The van der Waals surface area contributed by atoms with Crippen LogP contribution in [-0.4, -0.2) is 6.54 Å². The minimum Gasteiger partial charge on any atom is -0.276 e. The van der Waals surface area contributed by atoms with E-state index in [4.69, 9.17) is 22.5 Å². The van der Waals surface area contributed by atoms with Crippen molar-refractivity contribution in [3.8, 4) is 0 Å². The standard InChI is InChI=1S/C7H16Cl2NP/c1-2-3-4-5-6-7-10-11(8)9/h11H,2-7H2,1H3. The zero-order chi connectivity index (χ0) is 8.53. The predicted octanol–water partition coefficient (Wildman–Crippen LogP) is 4.66. The highest BCUT2D eigenvalue weighted by Gasteiger charge is 1.87. The third-order valence-electron chi connectivity index (χ3n) is 1.49. The van der Waals surface area contributed by atoms with Crippen molar-refractivity contribution in [1.82, 2.24) is 0 Å². The van der Waals surface area contributed by atoms with Crippen LogP contribution < -0.4 is 0 Å². The summed E-state index contributed by atoms with van der Waals surface area (Å²) in [6.07, 6.45) is 4.99. The van der Waals surface area contributed by atoms with Crippen molar-refractivity contribution in [1.29, 1.82) is 0 Å². The van der Waals surface area contributed by atoms with Gasteiger partial charge in [0, 0.05) is 6.54 Å². The quantitative estimate of drug-likeness (QED) is 0.452. The molecule has 0 fully saturated rings. The molecule has 0 atom stereocenters. The molecule has 0 aromatic carbocycles. The second-order valence-corrected chi connectivity index (χ2v) is 6.06. The summed E-state index contributed by atoms with van der Waals surface area (Å²) in [6.45, 7) is 3.06. The van der Waals surface area contributed by atoms with Crippen molar-refractivity contribution < 1.29 is 0 Å². The van der Waals surface area contributed by atoms with E-state index >= 15 is 0 Å². The van der Waals surface area contributed by atoms with Gasteiger partial charge in [-0.05, 0) is 6.42 Å². The zero-order valence-corrected chi connectivity index (χ0v) is 9.46. The van der Waals surface area contributed by atoms with E-state index in [1.54, 1.807) is 0 Å². The summed E-state index contributed by atoms with van der Waals surface area (Å²) in [6, 6.07) is 0. The maximum Gasteiger partial charge on any atom is 0.125 e. The van der Waals surface area contributed by atoms with Crippen LogP contribution in [0.2, 0.25) is 0 Å². The molecule has 0 heterocycles. The molecule has 0 bridgehead atoms. The summed E-state index contributed by atoms with van der Waals surface area (Å²) in [4.78, 5) is 0. The second-order valence-electron chi connectivity index (χ2n) is 2.54. The van der Waals surface area contributed by atoms with E-state index < -0.39 is 6.42 Å². The Morgan fingerprint density at radius 1 is 1.09 bits per heavy atom. The van der Waals surface area contributed by atoms with Crippen molar-refractivity contribution in [3.63, 3.8) is 0 Å². The van der Waals surface area contributed by atoms with Gasteiger partial charge in [-0.1, -0.05) is 55.1 Å². The minimum atomic E-state index is -1.36. The molecule has 1 nitrogen and oxygen atoms in total. The molecule has 0 aliphatic heterocycles. The van der Waals surface area contributed by atoms with Crippen molar-refractivity contribution in [3.05, 3.63) is 0 Å². The molecule has 0 rings (SSSR count). The number of nitrogens with zero attached hydrogens (tertiary/aromatic N) is 1. The molecule has 0 unspecified atom stereocenters. The van der Waals surface area contributed by atoms with Crippen LogP contribution in [-0.2, 0) is 0 Å². The summed E-state index contributed by atoms with van der Waals surface area (Å²) < 4.78 is 4.05. The van der Waals surface area contributed by atoms with Gasteiger partial charge in [-0.2, -0.15) is 0 Å². The fourth-order valence-electron chi connectivity index (χ4n) is 0.879. The van der Waals surface area contributed by atoms with Crippen molar-refractivity contribution in [2.75, 3.05) is 6.54 Å². The number of rotatable bonds is 6. The third-order valence-corrected chi connectivity index (χ3v) is 2.67. The van der Waals surface area contributed by atoms with Crippen molar-refractivity contribution >= 4 is 28.9 Å². The van der Waals surface area contributed by atoms with Gasteiger partial charge >= 0.3 is 0 Å². The van der Waals surface area contributed by atoms with Crippen molar-refractivity contribution in [2.45, 2.75) is 39.0 Å². The molecule has 0 radical (unpaired) electrons. The van der Waals surface area contributed by atoms with Gasteiger partial charge in [0.05, 0.1) is 0 Å². The average Bonchev–Trinajstić information content (AvgIpc) is 1.96. The fraction of sp³-hybridized carbons (Fsp3) is 1.00. The third kappa shape index (κ3) is 10.8. The van der Waals surface area contributed by atoms with Crippen LogP contribution in [0.4, 0.5) is 0 Å². The first-order valence-electron chi connectivity index (χ1n) is 4.12. The number of unbranched alkanes of at least 4 members (excludes halogenated alkanes) is 4. The highest BCUT2D eigenvalue weighted by Crippen LogP contribution is 2.36. The van der Waals surface area contributed by atoms with Gasteiger partial charge in [0.2, 0.25) is 0 Å². The topological polar surface area (TPSA) is 12.4 Å². The Bertz CT molecular complexity index is 113. The van der Waals surface area contributed by atoms with Crippen LogP contribution in [0.25, 0.3) is 0 Å². The van der Waals surface area contributed by atoms with E-state index in [0.717, 1.165) is 13.0 Å². The van der Waals surface area contributed by atoms with Gasteiger partial charge in [0.15, 0.2) is 0 Å². The molecular weight excluding hydrogens is 200 g/mol. The summed E-state index contributed by atoms with van der Waals surface area (Å²) in [5.41, 5.74) is 0. The molecular formula is C7H16Cl2NP. The molecule has 4 heteroatoms. The molecule has 0 aliphatic carbocycles. The molecule has 0 aliphatic rings. The van der Waals surface area contributed by atoms with E-state index in [1.165, 1.54) is 25.7 Å². The first-order valence-corrected chi connectivity index (χ1v) is 7.60. The molecule has 11 heavy (non-hydrogen) atoms. The summed E-state index contributed by atoms with van der Waals surface area (Å²) in [5.74, 6) is 0. The van der Waals surface area contributed by atoms with Crippen LogP contribution in [0.1, 0.15) is 39.0 Å². The van der Waals surface area contributed by atoms with Crippen LogP contribution in [0.3, 0.4) is 0 Å². The predicted molar refractivity (Wildman–Crippen MR) is 56.1 cm³/mol. The minimum absolute atomic E-state index is 0.852. The molecule has 68 valence electrons. The molecule has 0 spiro atoms. The van der Waals surface area contributed by atoms with Gasteiger partial charge in [0.25, 0.3) is 0 Å². The first kappa shape index (κ1) is 11.8. The molecule has 0 amide bonds. The lowest BCUT2D eigenvalue weighted by Gasteiger charge is -1.95. The lowest BCUT2D eigenvalue weighted by molar-refractivity contribution is 0.640. The number of hydrogen-bond donors (Lipinski definition) is 0. The summed E-state index contributed by atoms with van der Waals surface area (Å²) in [7, 11) is 0. The summed E-state index contributed by atoms with van der Waals surface area (Å²) >= 11 is 11.0. The maximum atomic E-state index is 5.52. The summed E-state index contributed by atoms with van der Waals surface area (Å²) in [5, 5.41) is 0. The van der Waals surface area contributed by atoms with Crippen LogP contribution >= 0.6 is 28.9 Å². The van der Waals surface area contributed by atoms with Crippen molar-refractivity contribution in [2.24, 2.45) is 4.74 Å². The Kier molecular flexibility index (Phi) is 9.56. The molecule has 0 N–H and O–H groups in total. The van der Waals surface area contributed by atoms with E-state index in [9.17, 15) is 0 Å². The Labute approximate surface area is 79.5 Å². The van der Waals surface area contributed by atoms with Gasteiger partial charge in [-0.25, -0.2) is 0 Å². The number of hydrogen-bond acceptors (Lipinski definition) is 1. The SMILES string of the molecule is CCCCCCCN=[PH](Cl)Cl. The lowest BCUT2D eigenvalue weighted by Crippen LogP contribution is -1.79. The lowest BCUT2D eigenvalue weighted by atomic mass is 10.2. The molecule has 0 aromatic heterocycles. The number of halogens is 2. The van der Waals surface area contributed by atoms with E-state index in [1.807, 2.05) is 0 Å². The molecule has 0 saturated carbocycles. The monoisotopic (exact) mass is 215 g/mol. The largest absolute Gasteiger partial charge is 0.276 e. The molecule has 0 saturated heterocycles. The van der Waals surface area contributed by atoms with Gasteiger partial charge in [-0.3, -0.25) is 4.74 Å². The maximum absolute atomic E-state index is 5.52. The molecule has 0 aromatic rings. The van der Waals surface area contributed by atoms with E-state index in [-0.39, 0.29) is 0 Å². The van der Waals surface area contributed by atoms with Gasteiger partial charge < -0.3 is 0 Å². The fourth-order valence-corrected chi connectivity index (χ4v) is 1.71.